The van der Waals surface area contributed by atoms with E-state index in [-0.39, 0.29) is 29.2 Å². The number of phosphoric acid groups is 1. The maximum absolute atomic E-state index is 14.7. The first-order valence-corrected chi connectivity index (χ1v) is 12.9. The summed E-state index contributed by atoms with van der Waals surface area (Å²) in [7, 11) is -1.04. The monoisotopic (exact) mass is 578 g/mol. The molecule has 15 nitrogen and oxygen atoms in total. The van der Waals surface area contributed by atoms with E-state index in [2.05, 4.69) is 30.1 Å². The Morgan fingerprint density at radius 1 is 1.07 bits per heavy atom. The second kappa shape index (κ2) is 11.1. The Labute approximate surface area is 227 Å². The molecule has 0 radical (unpaired) electrons. The highest BCUT2D eigenvalue weighted by Crippen LogP contribution is 2.41. The van der Waals surface area contributed by atoms with Gasteiger partial charge in [0.25, 0.3) is 5.91 Å². The average Bonchev–Trinajstić information content (AvgIpc) is 2.89. The van der Waals surface area contributed by atoms with Crippen LogP contribution in [0.15, 0.2) is 30.5 Å². The van der Waals surface area contributed by atoms with Crippen LogP contribution >= 0.6 is 7.82 Å². The molecule has 17 heteroatoms. The molecule has 214 valence electrons. The molecular weight excluding hydrogens is 554 g/mol. The highest BCUT2D eigenvalue weighted by atomic mass is 31.2. The summed E-state index contributed by atoms with van der Waals surface area (Å²) in [5.41, 5.74) is -0.962. The first-order chi connectivity index (χ1) is 18.8. The number of halogens is 1. The van der Waals surface area contributed by atoms with Crippen molar-refractivity contribution < 1.29 is 47.0 Å². The molecule has 0 saturated carbocycles. The number of aromatic nitrogens is 3. The van der Waals surface area contributed by atoms with Gasteiger partial charge in [0.05, 0.1) is 35.3 Å². The largest absolute Gasteiger partial charge is 0.790 e. The van der Waals surface area contributed by atoms with Crippen LogP contribution in [0.3, 0.4) is 0 Å². The quantitative estimate of drug-likeness (QED) is 0.331. The number of fused-ring (bicyclic) bond motifs is 1. The second-order valence-electron chi connectivity index (χ2n) is 8.62. The lowest BCUT2D eigenvalue weighted by molar-refractivity contribution is -0.341. The summed E-state index contributed by atoms with van der Waals surface area (Å²) >= 11 is 0. The Balaban J connectivity index is 1.62. The van der Waals surface area contributed by atoms with Crippen molar-refractivity contribution in [3.05, 3.63) is 36.3 Å². The number of phosphoric ester groups is 1. The van der Waals surface area contributed by atoms with E-state index in [0.717, 1.165) is 11.1 Å². The molecule has 0 fully saturated rings. The third-order valence-corrected chi connectivity index (χ3v) is 5.91. The average molecular weight is 578 g/mol. The summed E-state index contributed by atoms with van der Waals surface area (Å²) in [6.45, 7) is 1.97. The number of nitrogens with zero attached hydrogens (tertiary/aromatic N) is 4. The van der Waals surface area contributed by atoms with Crippen molar-refractivity contribution in [2.45, 2.75) is 19.4 Å². The van der Waals surface area contributed by atoms with Gasteiger partial charge in [-0.3, -0.25) is 9.69 Å². The molecule has 0 unspecified atom stereocenters. The standard InChI is InChI=1S/C23H26FN6O9P/c1-23(2)21(31)30(11-38-40(32,33)34)20-14(39-23)6-7-17(28-20)27-19-13(24)10-25-22(29-19)26-12-8-15(35-3)18(37-5)16(9-12)36-4/h6-10H,11H2,1-5H3,(H2,32,33,34)(H2,25,26,27,28,29)/p-2. The minimum absolute atomic E-state index is 0.00335. The molecule has 0 atom stereocenters. The second-order valence-corrected chi connectivity index (χ2v) is 9.78. The van der Waals surface area contributed by atoms with Gasteiger partial charge in [-0.2, -0.15) is 4.98 Å². The predicted molar refractivity (Wildman–Crippen MR) is 135 cm³/mol. The lowest BCUT2D eigenvalue weighted by Crippen LogP contribution is -2.53. The van der Waals surface area contributed by atoms with Crippen molar-refractivity contribution in [1.29, 1.82) is 0 Å². The van der Waals surface area contributed by atoms with Gasteiger partial charge in [-0.15, -0.1) is 0 Å². The molecule has 3 heterocycles. The van der Waals surface area contributed by atoms with Gasteiger partial charge >= 0.3 is 0 Å². The third-order valence-electron chi connectivity index (χ3n) is 5.48. The van der Waals surface area contributed by atoms with Crippen molar-refractivity contribution in [2.75, 3.05) is 43.6 Å². The van der Waals surface area contributed by atoms with E-state index in [1.54, 1.807) is 12.1 Å². The van der Waals surface area contributed by atoms with Crippen LogP contribution in [0.1, 0.15) is 13.8 Å². The summed E-state index contributed by atoms with van der Waals surface area (Å²) in [6, 6.07) is 6.05. The van der Waals surface area contributed by atoms with Gasteiger partial charge in [0.2, 0.25) is 11.7 Å². The molecule has 0 spiro atoms. The number of methoxy groups -OCH3 is 3. The lowest BCUT2D eigenvalue weighted by Gasteiger charge is -2.39. The first kappa shape index (κ1) is 28.8. The molecule has 40 heavy (non-hydrogen) atoms. The smallest absolute Gasteiger partial charge is 0.273 e. The highest BCUT2D eigenvalue weighted by molar-refractivity contribution is 7.43. The van der Waals surface area contributed by atoms with Crippen LogP contribution in [-0.4, -0.2) is 54.5 Å². The summed E-state index contributed by atoms with van der Waals surface area (Å²) in [4.78, 5) is 48.1. The van der Waals surface area contributed by atoms with Gasteiger partial charge < -0.3 is 48.5 Å². The fourth-order valence-corrected chi connectivity index (χ4v) is 3.94. The zero-order valence-corrected chi connectivity index (χ0v) is 22.8. The minimum atomic E-state index is -5.41. The summed E-state index contributed by atoms with van der Waals surface area (Å²) < 4.78 is 51.6. The van der Waals surface area contributed by atoms with Crippen LogP contribution in [0.2, 0.25) is 0 Å². The fraction of sp³-hybridized carbons (Fsp3) is 0.304. The Kier molecular flexibility index (Phi) is 7.98. The van der Waals surface area contributed by atoms with Gasteiger partial charge in [0.1, 0.15) is 12.5 Å². The number of carbonyl (C=O) groups is 1. The fourth-order valence-electron chi connectivity index (χ4n) is 3.68. The van der Waals surface area contributed by atoms with Gasteiger partial charge in [-0.05, 0) is 26.0 Å². The van der Waals surface area contributed by atoms with Crippen molar-refractivity contribution in [2.24, 2.45) is 0 Å². The number of benzene rings is 1. The maximum atomic E-state index is 14.7. The topological polar surface area (TPSA) is 192 Å². The van der Waals surface area contributed by atoms with E-state index < -0.39 is 31.9 Å². The molecular formula is C23H24FN6O9P-2. The molecule has 2 N–H and O–H groups in total. The van der Waals surface area contributed by atoms with Crippen molar-refractivity contribution in [1.82, 2.24) is 15.0 Å². The maximum Gasteiger partial charge on any atom is 0.273 e. The minimum Gasteiger partial charge on any atom is -0.790 e. The van der Waals surface area contributed by atoms with Gasteiger partial charge in [0.15, 0.2) is 40.3 Å². The third kappa shape index (κ3) is 6.15. The first-order valence-electron chi connectivity index (χ1n) is 11.4. The van der Waals surface area contributed by atoms with E-state index in [0.29, 0.717) is 22.9 Å². The molecule has 4 rings (SSSR count). The Morgan fingerprint density at radius 3 is 2.35 bits per heavy atom. The molecule has 0 saturated heterocycles. The summed E-state index contributed by atoms with van der Waals surface area (Å²) in [5.74, 6) is -0.806. The van der Waals surface area contributed by atoms with E-state index in [9.17, 15) is 23.5 Å². The molecule has 1 amide bonds. The Hall–Kier alpha value is -4.24. The van der Waals surface area contributed by atoms with Crippen LogP contribution in [0, 0.1) is 5.82 Å². The van der Waals surface area contributed by atoms with Gasteiger partial charge in [-0.1, -0.05) is 0 Å². The Bertz CT molecular complexity index is 1460. The van der Waals surface area contributed by atoms with Crippen molar-refractivity contribution >= 4 is 42.8 Å². The van der Waals surface area contributed by atoms with E-state index in [1.807, 2.05) is 0 Å². The summed E-state index contributed by atoms with van der Waals surface area (Å²) in [6.07, 6.45) is 0.920. The zero-order valence-electron chi connectivity index (χ0n) is 21.9. The van der Waals surface area contributed by atoms with Crippen molar-refractivity contribution in [3.63, 3.8) is 0 Å². The molecule has 0 aliphatic carbocycles. The number of hydrogen-bond acceptors (Lipinski definition) is 14. The van der Waals surface area contributed by atoms with Crippen LogP contribution in [0.5, 0.6) is 23.0 Å². The van der Waals surface area contributed by atoms with Crippen molar-refractivity contribution in [3.8, 4) is 23.0 Å². The molecule has 1 aliphatic rings. The Morgan fingerprint density at radius 2 is 1.75 bits per heavy atom. The van der Waals surface area contributed by atoms with Gasteiger partial charge in [-0.25, -0.2) is 14.4 Å². The number of ether oxygens (including phenoxy) is 4. The normalized spacial score (nSPS) is 14.2. The molecule has 3 aromatic rings. The number of nitrogens with one attached hydrogen (secondary N) is 2. The number of amides is 1. The SMILES string of the molecule is COc1cc(Nc2ncc(F)c(Nc3ccc4c(n3)N(COP(=O)([O-])[O-])C(=O)C(C)(C)O4)n2)cc(OC)c1OC. The van der Waals surface area contributed by atoms with Crippen LogP contribution in [0.4, 0.5) is 33.5 Å². The van der Waals surface area contributed by atoms with Crippen LogP contribution < -0.4 is 44.3 Å². The molecule has 2 aromatic heterocycles. The number of carbonyl (C=O) groups excluding carboxylic acids is 1. The van der Waals surface area contributed by atoms with Gasteiger partial charge in [0, 0.05) is 17.8 Å². The molecule has 1 aliphatic heterocycles. The van der Waals surface area contributed by atoms with E-state index >= 15 is 0 Å². The number of anilines is 5. The number of hydrogen-bond donors (Lipinski definition) is 2. The van der Waals surface area contributed by atoms with Crippen LogP contribution in [0.25, 0.3) is 0 Å². The molecule has 0 bridgehead atoms. The highest BCUT2D eigenvalue weighted by Gasteiger charge is 2.42. The summed E-state index contributed by atoms with van der Waals surface area (Å²) in [5, 5.41) is 5.60. The molecule has 1 aromatic carbocycles. The zero-order chi connectivity index (χ0) is 29.2. The lowest BCUT2D eigenvalue weighted by atomic mass is 10.1. The predicted octanol–water partition coefficient (Wildman–Crippen LogP) is 1.83. The van der Waals surface area contributed by atoms with Crippen LogP contribution in [-0.2, 0) is 13.9 Å². The number of rotatable bonds is 10. The number of pyridine rings is 1. The van der Waals surface area contributed by atoms with E-state index in [4.69, 9.17) is 18.9 Å². The van der Waals surface area contributed by atoms with E-state index in [1.165, 1.54) is 47.3 Å².